The second kappa shape index (κ2) is 6.40. The van der Waals surface area contributed by atoms with E-state index >= 15 is 0 Å². The lowest BCUT2D eigenvalue weighted by atomic mass is 10.1. The smallest absolute Gasteiger partial charge is 0.147 e. The molecule has 0 radical (unpaired) electrons. The third kappa shape index (κ3) is 2.87. The second-order valence-corrected chi connectivity index (χ2v) is 7.06. The first-order valence-electron chi connectivity index (χ1n) is 7.17. The molecule has 0 bridgehead atoms. The number of nitriles is 1. The van der Waals surface area contributed by atoms with Gasteiger partial charge in [0, 0.05) is 15.4 Å². The van der Waals surface area contributed by atoms with Gasteiger partial charge in [-0.2, -0.15) is 5.26 Å². The summed E-state index contributed by atoms with van der Waals surface area (Å²) in [6.07, 6.45) is 3.22. The molecule has 0 atom stereocenters. The van der Waals surface area contributed by atoms with Crippen molar-refractivity contribution in [2.75, 3.05) is 0 Å². The van der Waals surface area contributed by atoms with Crippen LogP contribution in [0.4, 0.5) is 0 Å². The largest absolute Gasteiger partial charge is 0.242 e. The number of thiazole rings is 1. The predicted octanol–water partition coefficient (Wildman–Crippen LogP) is 4.78. The number of hydrogen-bond acceptors (Lipinski definition) is 6. The normalized spacial score (nSPS) is 10.6. The van der Waals surface area contributed by atoms with Crippen molar-refractivity contribution in [2.45, 2.75) is 9.79 Å². The van der Waals surface area contributed by atoms with Crippen molar-refractivity contribution in [3.05, 3.63) is 66.6 Å². The van der Waals surface area contributed by atoms with Crippen molar-refractivity contribution in [3.8, 4) is 16.6 Å². The van der Waals surface area contributed by atoms with E-state index < -0.39 is 0 Å². The molecule has 2 aromatic heterocycles. The first-order valence-corrected chi connectivity index (χ1v) is 8.81. The molecule has 0 fully saturated rings. The Morgan fingerprint density at radius 2 is 1.96 bits per heavy atom. The lowest BCUT2D eigenvalue weighted by molar-refractivity contribution is 1.22. The third-order valence-corrected chi connectivity index (χ3v) is 5.50. The molecule has 0 aliphatic rings. The maximum atomic E-state index is 9.50. The van der Waals surface area contributed by atoms with Gasteiger partial charge in [-0.25, -0.2) is 15.0 Å². The molecule has 0 saturated carbocycles. The molecule has 2 heterocycles. The van der Waals surface area contributed by atoms with E-state index in [0.717, 1.165) is 30.7 Å². The van der Waals surface area contributed by atoms with Crippen LogP contribution in [0.25, 0.3) is 20.9 Å². The van der Waals surface area contributed by atoms with E-state index in [9.17, 15) is 5.26 Å². The summed E-state index contributed by atoms with van der Waals surface area (Å²) in [5, 5.41) is 10.4. The molecule has 6 heteroatoms. The van der Waals surface area contributed by atoms with Crippen molar-refractivity contribution in [1.82, 2.24) is 15.0 Å². The molecule has 0 amide bonds. The van der Waals surface area contributed by atoms with Crippen molar-refractivity contribution in [3.63, 3.8) is 0 Å². The zero-order chi connectivity index (χ0) is 16.4. The summed E-state index contributed by atoms with van der Waals surface area (Å²) in [5.74, 6) is 0. The molecule has 0 saturated heterocycles. The van der Waals surface area contributed by atoms with Crippen LogP contribution in [0.5, 0.6) is 0 Å². The quantitative estimate of drug-likeness (QED) is 0.534. The van der Waals surface area contributed by atoms with Gasteiger partial charge in [-0.15, -0.1) is 0 Å². The summed E-state index contributed by atoms with van der Waals surface area (Å²) in [7, 11) is 0. The fourth-order valence-electron chi connectivity index (χ4n) is 2.27. The average molecular weight is 346 g/mol. The van der Waals surface area contributed by atoms with Gasteiger partial charge in [0.25, 0.3) is 0 Å². The van der Waals surface area contributed by atoms with Crippen LogP contribution in [0.2, 0.25) is 0 Å². The Balaban J connectivity index is 1.72. The molecule has 0 aliphatic heterocycles. The molecule has 0 aliphatic carbocycles. The van der Waals surface area contributed by atoms with Crippen LogP contribution in [-0.2, 0) is 0 Å². The molecule has 4 rings (SSSR count). The minimum absolute atomic E-state index is 0.645. The fraction of sp³-hybridized carbons (Fsp3) is 0. The standard InChI is InChI=1S/C18H10N4S2/c19-9-13-8-12(17-22-15-10-20-11-21-18(15)24-17)6-7-16(13)23-14-4-2-1-3-5-14/h1-8,10-11H. The van der Waals surface area contributed by atoms with E-state index in [1.54, 1.807) is 18.0 Å². The number of fused-ring (bicyclic) bond motifs is 1. The Kier molecular flexibility index (Phi) is 3.95. The Hall–Kier alpha value is -2.75. The van der Waals surface area contributed by atoms with E-state index in [2.05, 4.69) is 21.0 Å². The van der Waals surface area contributed by atoms with E-state index in [1.165, 1.54) is 17.7 Å². The summed E-state index contributed by atoms with van der Waals surface area (Å²) >= 11 is 3.09. The second-order valence-electron chi connectivity index (χ2n) is 4.97. The summed E-state index contributed by atoms with van der Waals surface area (Å²) < 4.78 is 0. The maximum Gasteiger partial charge on any atom is 0.147 e. The molecule has 4 aromatic rings. The zero-order valence-electron chi connectivity index (χ0n) is 12.4. The van der Waals surface area contributed by atoms with Gasteiger partial charge in [0.05, 0.1) is 11.8 Å². The highest BCUT2D eigenvalue weighted by Gasteiger charge is 2.11. The van der Waals surface area contributed by atoms with Crippen LogP contribution in [-0.4, -0.2) is 15.0 Å². The molecular formula is C18H10N4S2. The molecule has 2 aromatic carbocycles. The van der Waals surface area contributed by atoms with Crippen molar-refractivity contribution in [2.24, 2.45) is 0 Å². The van der Waals surface area contributed by atoms with Crippen LogP contribution in [0.3, 0.4) is 0 Å². The van der Waals surface area contributed by atoms with Crippen molar-refractivity contribution in [1.29, 1.82) is 5.26 Å². The summed E-state index contributed by atoms with van der Waals surface area (Å²) in [4.78, 5) is 15.7. The lowest BCUT2D eigenvalue weighted by Gasteiger charge is -2.05. The molecule has 114 valence electrons. The number of hydrogen-bond donors (Lipinski definition) is 0. The number of aromatic nitrogens is 3. The van der Waals surface area contributed by atoms with Crippen LogP contribution < -0.4 is 0 Å². The molecular weight excluding hydrogens is 336 g/mol. The Bertz CT molecular complexity index is 1020. The third-order valence-electron chi connectivity index (χ3n) is 3.39. The lowest BCUT2D eigenvalue weighted by Crippen LogP contribution is -1.84. The summed E-state index contributed by atoms with van der Waals surface area (Å²) in [5.41, 5.74) is 2.34. The average Bonchev–Trinajstić information content (AvgIpc) is 3.07. The van der Waals surface area contributed by atoms with E-state index in [4.69, 9.17) is 0 Å². The van der Waals surface area contributed by atoms with Gasteiger partial charge in [0.2, 0.25) is 0 Å². The van der Waals surface area contributed by atoms with Gasteiger partial charge in [-0.05, 0) is 24.3 Å². The monoisotopic (exact) mass is 346 g/mol. The van der Waals surface area contributed by atoms with Crippen molar-refractivity contribution < 1.29 is 0 Å². The van der Waals surface area contributed by atoms with Gasteiger partial charge in [-0.1, -0.05) is 47.4 Å². The highest BCUT2D eigenvalue weighted by atomic mass is 32.2. The zero-order valence-corrected chi connectivity index (χ0v) is 14.0. The van der Waals surface area contributed by atoms with Gasteiger partial charge >= 0.3 is 0 Å². The van der Waals surface area contributed by atoms with Crippen LogP contribution in [0.1, 0.15) is 5.56 Å². The minimum atomic E-state index is 0.645. The molecule has 4 nitrogen and oxygen atoms in total. The SMILES string of the molecule is N#Cc1cc(-c2nc3cncnc3s2)ccc1Sc1ccccc1. The van der Waals surface area contributed by atoms with Crippen LogP contribution >= 0.6 is 23.1 Å². The van der Waals surface area contributed by atoms with Gasteiger partial charge in [-0.3, -0.25) is 0 Å². The van der Waals surface area contributed by atoms with Crippen LogP contribution in [0, 0.1) is 11.3 Å². The number of nitrogens with zero attached hydrogens (tertiary/aromatic N) is 4. The predicted molar refractivity (Wildman–Crippen MR) is 95.9 cm³/mol. The molecule has 0 unspecified atom stereocenters. The number of benzene rings is 2. The Labute approximate surface area is 146 Å². The molecule has 0 N–H and O–H groups in total. The first-order chi connectivity index (χ1) is 11.8. The first kappa shape index (κ1) is 14.8. The van der Waals surface area contributed by atoms with Gasteiger partial charge in [0.1, 0.15) is 27.8 Å². The van der Waals surface area contributed by atoms with Gasteiger partial charge < -0.3 is 0 Å². The highest BCUT2D eigenvalue weighted by Crippen LogP contribution is 2.34. The maximum absolute atomic E-state index is 9.50. The van der Waals surface area contributed by atoms with E-state index in [-0.39, 0.29) is 0 Å². The minimum Gasteiger partial charge on any atom is -0.242 e. The fourth-order valence-corrected chi connectivity index (χ4v) is 4.04. The van der Waals surface area contributed by atoms with Crippen LogP contribution in [0.15, 0.2) is 70.8 Å². The van der Waals surface area contributed by atoms with E-state index in [0.29, 0.717) is 5.56 Å². The summed E-state index contributed by atoms with van der Waals surface area (Å²) in [6.45, 7) is 0. The molecule has 24 heavy (non-hydrogen) atoms. The van der Waals surface area contributed by atoms with Crippen molar-refractivity contribution >= 4 is 33.4 Å². The molecule has 0 spiro atoms. The number of rotatable bonds is 3. The van der Waals surface area contributed by atoms with E-state index in [1.807, 2.05) is 48.5 Å². The Morgan fingerprint density at radius 1 is 1.08 bits per heavy atom. The van der Waals surface area contributed by atoms with Gasteiger partial charge in [0.15, 0.2) is 0 Å². The topological polar surface area (TPSA) is 62.5 Å². The Morgan fingerprint density at radius 3 is 2.75 bits per heavy atom. The summed E-state index contributed by atoms with van der Waals surface area (Å²) in [6, 6.07) is 18.2. The highest BCUT2D eigenvalue weighted by molar-refractivity contribution is 7.99.